The van der Waals surface area contributed by atoms with Gasteiger partial charge >= 0.3 is 0 Å². The molecule has 176 valence electrons. The van der Waals surface area contributed by atoms with Crippen molar-refractivity contribution in [1.29, 1.82) is 0 Å². The van der Waals surface area contributed by atoms with Gasteiger partial charge in [0.05, 0.1) is 12.4 Å². The fourth-order valence-electron chi connectivity index (χ4n) is 3.90. The minimum Gasteiger partial charge on any atom is -0.497 e. The number of amides is 1. The highest BCUT2D eigenvalue weighted by molar-refractivity contribution is 8.00. The molecule has 2 heterocycles. The standard InChI is InChI=1S/C26H29N5O2S/c1-6-23(24(32)28-20-11-8-12-21(15-20)33-5)34-26-29-25-27-17(3)22(18(4)31(25)30-26)14-19-10-7-9-16(2)13-19/h7-13,15,23H,6,14H2,1-5H3,(H,28,32)/t23-/m1/s1. The van der Waals surface area contributed by atoms with Gasteiger partial charge in [-0.1, -0.05) is 54.6 Å². The van der Waals surface area contributed by atoms with E-state index in [4.69, 9.17) is 9.72 Å². The van der Waals surface area contributed by atoms with Gasteiger partial charge in [0.1, 0.15) is 5.75 Å². The van der Waals surface area contributed by atoms with Gasteiger partial charge in [-0.3, -0.25) is 4.79 Å². The summed E-state index contributed by atoms with van der Waals surface area (Å²) < 4.78 is 7.02. The van der Waals surface area contributed by atoms with Gasteiger partial charge in [0, 0.05) is 29.6 Å². The summed E-state index contributed by atoms with van der Waals surface area (Å²) in [7, 11) is 1.60. The van der Waals surface area contributed by atoms with Crippen LogP contribution >= 0.6 is 11.8 Å². The van der Waals surface area contributed by atoms with Gasteiger partial charge in [-0.05, 0) is 50.5 Å². The van der Waals surface area contributed by atoms with E-state index in [1.54, 1.807) is 17.7 Å². The zero-order valence-electron chi connectivity index (χ0n) is 20.1. The zero-order valence-corrected chi connectivity index (χ0v) is 20.9. The minimum atomic E-state index is -0.336. The normalized spacial score (nSPS) is 12.0. The van der Waals surface area contributed by atoms with Crippen molar-refractivity contribution in [3.8, 4) is 5.75 Å². The van der Waals surface area contributed by atoms with E-state index in [0.29, 0.717) is 28.8 Å². The van der Waals surface area contributed by atoms with Crippen molar-refractivity contribution in [3.63, 3.8) is 0 Å². The first-order valence-corrected chi connectivity index (χ1v) is 12.2. The summed E-state index contributed by atoms with van der Waals surface area (Å²) >= 11 is 1.35. The summed E-state index contributed by atoms with van der Waals surface area (Å²) in [6.07, 6.45) is 1.42. The molecule has 1 atom stereocenters. The number of carbonyl (C=O) groups is 1. The number of nitrogens with one attached hydrogen (secondary N) is 1. The Kier molecular flexibility index (Phi) is 7.17. The first-order chi connectivity index (χ1) is 16.4. The van der Waals surface area contributed by atoms with Crippen LogP contribution in [0.1, 0.15) is 41.4 Å². The van der Waals surface area contributed by atoms with Crippen LogP contribution in [0.5, 0.6) is 5.75 Å². The molecule has 2 aromatic heterocycles. The third-order valence-corrected chi connectivity index (χ3v) is 6.96. The Bertz CT molecular complexity index is 1330. The van der Waals surface area contributed by atoms with Crippen molar-refractivity contribution in [2.45, 2.75) is 50.9 Å². The molecule has 8 heteroatoms. The fourth-order valence-corrected chi connectivity index (χ4v) is 4.75. The summed E-state index contributed by atoms with van der Waals surface area (Å²) in [5.74, 6) is 1.15. The lowest BCUT2D eigenvalue weighted by Gasteiger charge is -2.13. The van der Waals surface area contributed by atoms with Gasteiger partial charge in [0.2, 0.25) is 11.1 Å². The van der Waals surface area contributed by atoms with Crippen molar-refractivity contribution in [1.82, 2.24) is 19.6 Å². The van der Waals surface area contributed by atoms with Gasteiger partial charge in [0.25, 0.3) is 5.78 Å². The molecule has 0 unspecified atom stereocenters. The number of anilines is 1. The molecular formula is C26H29N5O2S. The smallest absolute Gasteiger partial charge is 0.253 e. The van der Waals surface area contributed by atoms with Crippen LogP contribution in [0.25, 0.3) is 5.78 Å². The number of thioether (sulfide) groups is 1. The van der Waals surface area contributed by atoms with Gasteiger partial charge in [-0.2, -0.15) is 4.98 Å². The molecule has 0 aliphatic heterocycles. The number of benzene rings is 2. The number of carbonyl (C=O) groups excluding carboxylic acids is 1. The van der Waals surface area contributed by atoms with E-state index >= 15 is 0 Å². The molecule has 2 aromatic carbocycles. The molecule has 1 N–H and O–H groups in total. The summed E-state index contributed by atoms with van der Waals surface area (Å²) in [5, 5.41) is 7.85. The lowest BCUT2D eigenvalue weighted by atomic mass is 10.0. The molecule has 4 rings (SSSR count). The topological polar surface area (TPSA) is 81.4 Å². The van der Waals surface area contributed by atoms with Crippen molar-refractivity contribution in [2.75, 3.05) is 12.4 Å². The monoisotopic (exact) mass is 475 g/mol. The predicted octanol–water partition coefficient (Wildman–Crippen LogP) is 5.16. The summed E-state index contributed by atoms with van der Waals surface area (Å²) in [6.45, 7) is 8.13. The summed E-state index contributed by atoms with van der Waals surface area (Å²) in [5.41, 5.74) is 6.26. The minimum absolute atomic E-state index is 0.0967. The molecule has 0 spiro atoms. The van der Waals surface area contributed by atoms with E-state index in [1.165, 1.54) is 22.9 Å². The van der Waals surface area contributed by atoms with Crippen LogP contribution in [0.15, 0.2) is 53.7 Å². The van der Waals surface area contributed by atoms with E-state index in [-0.39, 0.29) is 11.2 Å². The molecule has 0 saturated carbocycles. The lowest BCUT2D eigenvalue weighted by molar-refractivity contribution is -0.115. The average molecular weight is 476 g/mol. The Morgan fingerprint density at radius 3 is 2.65 bits per heavy atom. The average Bonchev–Trinajstić information content (AvgIpc) is 3.23. The molecule has 34 heavy (non-hydrogen) atoms. The number of methoxy groups -OCH3 is 1. The largest absolute Gasteiger partial charge is 0.497 e. The first kappa shape index (κ1) is 23.8. The van der Waals surface area contributed by atoms with Crippen LogP contribution in [0, 0.1) is 20.8 Å². The SMILES string of the molecule is CC[C@@H](Sc1nc2nc(C)c(Cc3cccc(C)c3)c(C)n2n1)C(=O)Nc1cccc(OC)c1. The Morgan fingerprint density at radius 2 is 1.91 bits per heavy atom. The van der Waals surface area contributed by atoms with Crippen LogP contribution in [-0.2, 0) is 11.2 Å². The van der Waals surface area contributed by atoms with Crippen LogP contribution in [0.2, 0.25) is 0 Å². The number of hydrogen-bond acceptors (Lipinski definition) is 6. The van der Waals surface area contributed by atoms with Crippen molar-refractivity contribution < 1.29 is 9.53 Å². The number of aromatic nitrogens is 4. The predicted molar refractivity (Wildman–Crippen MR) is 136 cm³/mol. The molecule has 0 fully saturated rings. The maximum absolute atomic E-state index is 12.9. The molecule has 0 bridgehead atoms. The highest BCUT2D eigenvalue weighted by Gasteiger charge is 2.22. The third-order valence-electron chi connectivity index (χ3n) is 5.74. The first-order valence-electron chi connectivity index (χ1n) is 11.3. The Labute approximate surface area is 204 Å². The van der Waals surface area contributed by atoms with E-state index in [1.807, 2.05) is 39.0 Å². The fraction of sp³-hybridized carbons (Fsp3) is 0.308. The molecule has 1 amide bonds. The van der Waals surface area contributed by atoms with Gasteiger partial charge in [-0.15, -0.1) is 5.10 Å². The molecule has 4 aromatic rings. The molecule has 0 aliphatic rings. The molecular weight excluding hydrogens is 446 g/mol. The number of fused-ring (bicyclic) bond motifs is 1. The van der Waals surface area contributed by atoms with E-state index in [0.717, 1.165) is 23.4 Å². The summed E-state index contributed by atoms with van der Waals surface area (Å²) in [6, 6.07) is 15.8. The van der Waals surface area contributed by atoms with Crippen LogP contribution < -0.4 is 10.1 Å². The Balaban J connectivity index is 1.55. The van der Waals surface area contributed by atoms with Crippen LogP contribution in [-0.4, -0.2) is 37.8 Å². The summed E-state index contributed by atoms with van der Waals surface area (Å²) in [4.78, 5) is 22.2. The van der Waals surface area contributed by atoms with Crippen molar-refractivity contribution in [3.05, 3.63) is 76.6 Å². The highest BCUT2D eigenvalue weighted by atomic mass is 32.2. The Hall–Kier alpha value is -3.39. The van der Waals surface area contributed by atoms with Gasteiger partial charge in [-0.25, -0.2) is 9.50 Å². The third kappa shape index (κ3) is 5.22. The quantitative estimate of drug-likeness (QED) is 0.355. The van der Waals surface area contributed by atoms with Crippen LogP contribution in [0.3, 0.4) is 0 Å². The van der Waals surface area contributed by atoms with E-state index in [9.17, 15) is 4.79 Å². The van der Waals surface area contributed by atoms with E-state index in [2.05, 4.69) is 46.6 Å². The van der Waals surface area contributed by atoms with Gasteiger partial charge < -0.3 is 10.1 Å². The van der Waals surface area contributed by atoms with Gasteiger partial charge in [0.15, 0.2) is 0 Å². The number of nitrogens with zero attached hydrogens (tertiary/aromatic N) is 4. The highest BCUT2D eigenvalue weighted by Crippen LogP contribution is 2.26. The van der Waals surface area contributed by atoms with Crippen LogP contribution in [0.4, 0.5) is 5.69 Å². The maximum atomic E-state index is 12.9. The zero-order chi connectivity index (χ0) is 24.2. The number of aryl methyl sites for hydroxylation is 3. The second-order valence-electron chi connectivity index (χ2n) is 8.27. The molecule has 7 nitrogen and oxygen atoms in total. The number of rotatable bonds is 8. The number of ether oxygens (including phenoxy) is 1. The second kappa shape index (κ2) is 10.3. The molecule has 0 aliphatic carbocycles. The second-order valence-corrected chi connectivity index (χ2v) is 9.44. The number of hydrogen-bond donors (Lipinski definition) is 1. The van der Waals surface area contributed by atoms with Crippen molar-refractivity contribution >= 4 is 29.1 Å². The molecule has 0 saturated heterocycles. The maximum Gasteiger partial charge on any atom is 0.253 e. The van der Waals surface area contributed by atoms with E-state index < -0.39 is 0 Å². The van der Waals surface area contributed by atoms with Crippen molar-refractivity contribution in [2.24, 2.45) is 0 Å². The Morgan fingerprint density at radius 1 is 1.12 bits per heavy atom. The molecule has 0 radical (unpaired) electrons. The lowest BCUT2D eigenvalue weighted by Crippen LogP contribution is -2.24.